The van der Waals surface area contributed by atoms with Gasteiger partial charge in [-0.1, -0.05) is 31.0 Å². The highest BCUT2D eigenvalue weighted by molar-refractivity contribution is 5.29. The summed E-state index contributed by atoms with van der Waals surface area (Å²) in [6.07, 6.45) is 6.06. The van der Waals surface area contributed by atoms with E-state index in [1.54, 1.807) is 11.0 Å². The zero-order chi connectivity index (χ0) is 13.3. The lowest BCUT2D eigenvalue weighted by molar-refractivity contribution is 0.281. The maximum atomic E-state index is 5.51. The first kappa shape index (κ1) is 13.5. The molecule has 2 N–H and O–H groups in total. The van der Waals surface area contributed by atoms with Crippen LogP contribution in [0.5, 0.6) is 6.01 Å². The predicted octanol–water partition coefficient (Wildman–Crippen LogP) is 2.17. The van der Waals surface area contributed by atoms with Crippen LogP contribution in [0.3, 0.4) is 0 Å². The molecule has 0 fully saturated rings. The minimum absolute atomic E-state index is 0.433. The molecule has 102 valence electrons. The van der Waals surface area contributed by atoms with Gasteiger partial charge >= 0.3 is 6.01 Å². The Morgan fingerprint density at radius 2 is 1.84 bits per heavy atom. The molecule has 1 aromatic heterocycles. The molecule has 5 heteroatoms. The molecule has 0 unspecified atom stereocenters. The van der Waals surface area contributed by atoms with Gasteiger partial charge < -0.3 is 10.5 Å². The third-order valence-corrected chi connectivity index (χ3v) is 2.82. The molecule has 0 aliphatic carbocycles. The summed E-state index contributed by atoms with van der Waals surface area (Å²) in [5.41, 5.74) is 6.42. The number of aromatic nitrogens is 3. The van der Waals surface area contributed by atoms with E-state index in [1.807, 2.05) is 30.3 Å². The largest absolute Gasteiger partial charge is 0.462 e. The summed E-state index contributed by atoms with van der Waals surface area (Å²) in [7, 11) is 0. The van der Waals surface area contributed by atoms with Gasteiger partial charge in [-0.05, 0) is 31.5 Å². The van der Waals surface area contributed by atoms with Crippen LogP contribution >= 0.6 is 0 Å². The van der Waals surface area contributed by atoms with Crippen LogP contribution in [-0.2, 0) is 0 Å². The topological polar surface area (TPSA) is 66.0 Å². The third-order valence-electron chi connectivity index (χ3n) is 2.82. The molecule has 0 aliphatic rings. The highest BCUT2D eigenvalue weighted by Crippen LogP contribution is 2.09. The Balaban J connectivity index is 1.75. The van der Waals surface area contributed by atoms with E-state index in [0.717, 1.165) is 37.9 Å². The number of nitrogens with two attached hydrogens (primary N) is 1. The second kappa shape index (κ2) is 7.53. The molecule has 0 saturated heterocycles. The lowest BCUT2D eigenvalue weighted by Gasteiger charge is -2.01. The minimum Gasteiger partial charge on any atom is -0.462 e. The molecule has 0 aliphatic heterocycles. The van der Waals surface area contributed by atoms with Crippen LogP contribution in [0.15, 0.2) is 36.7 Å². The Labute approximate surface area is 113 Å². The average Bonchev–Trinajstić information content (AvgIpc) is 2.92. The molecular weight excluding hydrogens is 240 g/mol. The second-order valence-electron chi connectivity index (χ2n) is 4.36. The van der Waals surface area contributed by atoms with Gasteiger partial charge in [-0.3, -0.25) is 0 Å². The summed E-state index contributed by atoms with van der Waals surface area (Å²) < 4.78 is 7.23. The lowest BCUT2D eigenvalue weighted by Crippen LogP contribution is -2.01. The van der Waals surface area contributed by atoms with Crippen molar-refractivity contribution in [1.29, 1.82) is 0 Å². The first-order valence-electron chi connectivity index (χ1n) is 6.70. The number of para-hydroxylation sites is 1. The fourth-order valence-electron chi connectivity index (χ4n) is 1.78. The molecule has 2 aromatic rings. The molecule has 0 bridgehead atoms. The molecule has 1 heterocycles. The Hall–Kier alpha value is -1.88. The lowest BCUT2D eigenvalue weighted by atomic mass is 10.2. The molecule has 5 nitrogen and oxygen atoms in total. The second-order valence-corrected chi connectivity index (χ2v) is 4.36. The normalized spacial score (nSPS) is 10.6. The van der Waals surface area contributed by atoms with Gasteiger partial charge in [0.1, 0.15) is 6.33 Å². The quantitative estimate of drug-likeness (QED) is 0.739. The highest BCUT2D eigenvalue weighted by atomic mass is 16.5. The Bertz CT molecular complexity index is 469. The van der Waals surface area contributed by atoms with Gasteiger partial charge in [0, 0.05) is 0 Å². The van der Waals surface area contributed by atoms with E-state index in [-0.39, 0.29) is 0 Å². The number of hydrogen-bond donors (Lipinski definition) is 1. The fraction of sp³-hybridized carbons (Fsp3) is 0.429. The highest BCUT2D eigenvalue weighted by Gasteiger charge is 2.02. The van der Waals surface area contributed by atoms with Gasteiger partial charge in [0.15, 0.2) is 0 Å². The first-order chi connectivity index (χ1) is 9.40. The maximum absolute atomic E-state index is 5.51. The van der Waals surface area contributed by atoms with Crippen molar-refractivity contribution in [2.24, 2.45) is 5.73 Å². The molecule has 19 heavy (non-hydrogen) atoms. The number of rotatable bonds is 8. The van der Waals surface area contributed by atoms with E-state index in [1.165, 1.54) is 0 Å². The minimum atomic E-state index is 0.433. The van der Waals surface area contributed by atoms with Gasteiger partial charge in [-0.25, -0.2) is 4.68 Å². The molecule has 1 aromatic carbocycles. The predicted molar refractivity (Wildman–Crippen MR) is 74.4 cm³/mol. The van der Waals surface area contributed by atoms with Crippen LogP contribution in [0, 0.1) is 0 Å². The fourth-order valence-corrected chi connectivity index (χ4v) is 1.78. The molecule has 0 saturated carbocycles. The van der Waals surface area contributed by atoms with E-state index in [4.69, 9.17) is 10.5 Å². The number of ether oxygens (including phenoxy) is 1. The van der Waals surface area contributed by atoms with Gasteiger partial charge in [0.2, 0.25) is 0 Å². The molecule has 0 radical (unpaired) electrons. The van der Waals surface area contributed by atoms with E-state index < -0.39 is 0 Å². The zero-order valence-electron chi connectivity index (χ0n) is 11.0. The van der Waals surface area contributed by atoms with E-state index in [2.05, 4.69) is 10.1 Å². The summed E-state index contributed by atoms with van der Waals surface area (Å²) in [6, 6.07) is 10.3. The molecular formula is C14H20N4O. The van der Waals surface area contributed by atoms with Crippen LogP contribution in [0.4, 0.5) is 0 Å². The molecule has 2 rings (SSSR count). The van der Waals surface area contributed by atoms with Crippen molar-refractivity contribution < 1.29 is 4.74 Å². The van der Waals surface area contributed by atoms with Gasteiger partial charge in [-0.15, -0.1) is 5.10 Å². The zero-order valence-corrected chi connectivity index (χ0v) is 11.0. The van der Waals surface area contributed by atoms with Crippen LogP contribution in [0.2, 0.25) is 0 Å². The number of unbranched alkanes of at least 4 members (excludes halogenated alkanes) is 3. The summed E-state index contributed by atoms with van der Waals surface area (Å²) in [5, 5.41) is 4.28. The summed E-state index contributed by atoms with van der Waals surface area (Å²) in [5.74, 6) is 0. The Morgan fingerprint density at radius 1 is 1.05 bits per heavy atom. The standard InChI is InChI=1S/C14H20N4O/c15-10-6-1-2-7-11-19-14-16-12-18(17-14)13-8-4-3-5-9-13/h3-5,8-9,12H,1-2,6-7,10-11,15H2. The number of nitrogens with zero attached hydrogens (tertiary/aromatic N) is 3. The van der Waals surface area contributed by atoms with Crippen molar-refractivity contribution in [2.45, 2.75) is 25.7 Å². The molecule has 0 atom stereocenters. The van der Waals surface area contributed by atoms with E-state index in [9.17, 15) is 0 Å². The van der Waals surface area contributed by atoms with E-state index in [0.29, 0.717) is 12.6 Å². The Morgan fingerprint density at radius 3 is 2.63 bits per heavy atom. The van der Waals surface area contributed by atoms with Crippen LogP contribution in [-0.4, -0.2) is 27.9 Å². The smallest absolute Gasteiger partial charge is 0.335 e. The van der Waals surface area contributed by atoms with Gasteiger partial charge in [0.05, 0.1) is 12.3 Å². The summed E-state index contributed by atoms with van der Waals surface area (Å²) in [6.45, 7) is 1.42. The van der Waals surface area contributed by atoms with Gasteiger partial charge in [0.25, 0.3) is 0 Å². The SMILES string of the molecule is NCCCCCCOc1ncn(-c2ccccc2)n1. The summed E-state index contributed by atoms with van der Waals surface area (Å²) in [4.78, 5) is 4.14. The van der Waals surface area contributed by atoms with Crippen molar-refractivity contribution in [1.82, 2.24) is 14.8 Å². The number of hydrogen-bond acceptors (Lipinski definition) is 4. The average molecular weight is 260 g/mol. The van der Waals surface area contributed by atoms with Crippen molar-refractivity contribution in [3.8, 4) is 11.7 Å². The summed E-state index contributed by atoms with van der Waals surface area (Å²) >= 11 is 0. The third kappa shape index (κ3) is 4.37. The first-order valence-corrected chi connectivity index (χ1v) is 6.70. The van der Waals surface area contributed by atoms with Crippen LogP contribution in [0.25, 0.3) is 5.69 Å². The monoisotopic (exact) mass is 260 g/mol. The van der Waals surface area contributed by atoms with Crippen molar-refractivity contribution in [3.63, 3.8) is 0 Å². The maximum Gasteiger partial charge on any atom is 0.335 e. The van der Waals surface area contributed by atoms with Crippen molar-refractivity contribution in [3.05, 3.63) is 36.7 Å². The van der Waals surface area contributed by atoms with Gasteiger partial charge in [-0.2, -0.15) is 4.98 Å². The van der Waals surface area contributed by atoms with Crippen LogP contribution in [0.1, 0.15) is 25.7 Å². The van der Waals surface area contributed by atoms with Crippen LogP contribution < -0.4 is 10.5 Å². The number of benzene rings is 1. The molecule has 0 amide bonds. The molecule has 0 spiro atoms. The Kier molecular flexibility index (Phi) is 5.37. The van der Waals surface area contributed by atoms with Crippen molar-refractivity contribution >= 4 is 0 Å². The van der Waals surface area contributed by atoms with Crippen molar-refractivity contribution in [2.75, 3.05) is 13.2 Å². The van der Waals surface area contributed by atoms with E-state index >= 15 is 0 Å².